The number of hydrogen-bond acceptors (Lipinski definition) is 6. The molecule has 0 bridgehead atoms. The molecule has 2 aliphatic rings. The van der Waals surface area contributed by atoms with Gasteiger partial charge in [-0.15, -0.1) is 0 Å². The zero-order valence-corrected chi connectivity index (χ0v) is 13.6. The number of hydrogen-bond donors (Lipinski definition) is 0. The molecule has 0 aromatic heterocycles. The maximum Gasteiger partial charge on any atom is 0.305 e. The van der Waals surface area contributed by atoms with Crippen molar-refractivity contribution in [3.8, 4) is 5.75 Å². The number of halogens is 1. The van der Waals surface area contributed by atoms with Crippen LogP contribution in [0.5, 0.6) is 5.75 Å². The van der Waals surface area contributed by atoms with Crippen molar-refractivity contribution in [3.05, 3.63) is 34.1 Å². The van der Waals surface area contributed by atoms with E-state index in [0.717, 1.165) is 31.4 Å². The molecular weight excluding hydrogens is 335 g/mol. The molecule has 0 radical (unpaired) electrons. The third-order valence-corrected chi connectivity index (χ3v) is 4.31. The van der Waals surface area contributed by atoms with Crippen LogP contribution < -0.4 is 4.74 Å². The van der Waals surface area contributed by atoms with Crippen LogP contribution in [0.1, 0.15) is 19.3 Å². The highest BCUT2D eigenvalue weighted by Gasteiger charge is 2.36. The molecule has 0 N–H and O–H groups in total. The largest absolute Gasteiger partial charge is 0.484 e. The van der Waals surface area contributed by atoms with E-state index in [0.29, 0.717) is 19.8 Å². The van der Waals surface area contributed by atoms with Gasteiger partial charge in [-0.3, -0.25) is 14.9 Å². The lowest BCUT2D eigenvalue weighted by molar-refractivity contribution is -0.387. The number of carbonyl (C=O) groups is 1. The van der Waals surface area contributed by atoms with Crippen molar-refractivity contribution in [3.63, 3.8) is 0 Å². The fraction of sp³-hybridized carbons (Fsp3) is 0.562. The van der Waals surface area contributed by atoms with E-state index in [1.54, 1.807) is 4.90 Å². The second-order valence-corrected chi connectivity index (χ2v) is 5.92. The van der Waals surface area contributed by atoms with E-state index in [9.17, 15) is 19.3 Å². The smallest absolute Gasteiger partial charge is 0.305 e. The van der Waals surface area contributed by atoms with E-state index >= 15 is 0 Å². The molecule has 0 saturated carbocycles. The number of rotatable bonds is 5. The highest BCUT2D eigenvalue weighted by molar-refractivity contribution is 5.78. The molecular formula is C16H19FN2O6. The Morgan fingerprint density at radius 1 is 1.36 bits per heavy atom. The van der Waals surface area contributed by atoms with E-state index in [1.807, 2.05) is 0 Å². The zero-order valence-electron chi connectivity index (χ0n) is 13.6. The molecule has 3 rings (SSSR count). The van der Waals surface area contributed by atoms with Crippen molar-refractivity contribution in [1.82, 2.24) is 4.90 Å². The lowest BCUT2D eigenvalue weighted by Crippen LogP contribution is -2.51. The van der Waals surface area contributed by atoms with E-state index in [2.05, 4.69) is 0 Å². The van der Waals surface area contributed by atoms with Crippen molar-refractivity contribution in [1.29, 1.82) is 0 Å². The molecule has 1 aromatic rings. The summed E-state index contributed by atoms with van der Waals surface area (Å²) in [6.07, 6.45) is 2.26. The Labute approximate surface area is 143 Å². The number of carbonyl (C=O) groups excluding carboxylic acids is 1. The fourth-order valence-corrected chi connectivity index (χ4v) is 3.10. The van der Waals surface area contributed by atoms with Crippen LogP contribution in [0.25, 0.3) is 0 Å². The lowest BCUT2D eigenvalue weighted by Gasteiger charge is -2.37. The molecule has 2 saturated heterocycles. The van der Waals surface area contributed by atoms with Gasteiger partial charge < -0.3 is 19.1 Å². The van der Waals surface area contributed by atoms with Crippen molar-refractivity contribution in [2.24, 2.45) is 0 Å². The monoisotopic (exact) mass is 354 g/mol. The number of amides is 1. The molecule has 1 aromatic carbocycles. The third kappa shape index (κ3) is 4.05. The van der Waals surface area contributed by atoms with Crippen LogP contribution in [-0.4, -0.2) is 54.4 Å². The molecule has 8 nitrogen and oxygen atoms in total. The van der Waals surface area contributed by atoms with Gasteiger partial charge in [-0.2, -0.15) is 4.39 Å². The first kappa shape index (κ1) is 17.6. The quantitative estimate of drug-likeness (QED) is 0.592. The number of nitro groups is 1. The minimum atomic E-state index is -1.00. The van der Waals surface area contributed by atoms with Gasteiger partial charge in [0.15, 0.2) is 12.9 Å². The van der Waals surface area contributed by atoms with Gasteiger partial charge >= 0.3 is 5.69 Å². The maximum atomic E-state index is 13.6. The van der Waals surface area contributed by atoms with Gasteiger partial charge in [0.05, 0.1) is 24.2 Å². The van der Waals surface area contributed by atoms with Gasteiger partial charge in [0, 0.05) is 18.7 Å². The first-order chi connectivity index (χ1) is 12.1. The van der Waals surface area contributed by atoms with Gasteiger partial charge in [0.25, 0.3) is 5.91 Å². The predicted molar refractivity (Wildman–Crippen MR) is 83.6 cm³/mol. The average molecular weight is 354 g/mol. The molecule has 0 spiro atoms. The minimum absolute atomic E-state index is 0.0679. The Hall–Kier alpha value is -2.26. The van der Waals surface area contributed by atoms with Crippen LogP contribution in [0, 0.1) is 15.9 Å². The van der Waals surface area contributed by atoms with Crippen molar-refractivity contribution < 1.29 is 28.3 Å². The van der Waals surface area contributed by atoms with Crippen LogP contribution in [0.15, 0.2) is 18.2 Å². The van der Waals surface area contributed by atoms with E-state index in [-0.39, 0.29) is 24.3 Å². The molecule has 25 heavy (non-hydrogen) atoms. The fourth-order valence-electron chi connectivity index (χ4n) is 3.10. The minimum Gasteiger partial charge on any atom is -0.484 e. The molecule has 136 valence electrons. The van der Waals surface area contributed by atoms with Gasteiger partial charge in [0.1, 0.15) is 5.75 Å². The molecule has 1 unspecified atom stereocenters. The maximum absolute atomic E-state index is 13.6. The number of ether oxygens (including phenoxy) is 3. The van der Waals surface area contributed by atoms with Gasteiger partial charge in [-0.05, 0) is 25.3 Å². The topological polar surface area (TPSA) is 91.1 Å². The summed E-state index contributed by atoms with van der Waals surface area (Å²) in [5.41, 5.74) is -0.634. The molecule has 2 fully saturated rings. The summed E-state index contributed by atoms with van der Waals surface area (Å²) in [6, 6.07) is 3.04. The Bertz CT molecular complexity index is 650. The Morgan fingerprint density at radius 3 is 2.80 bits per heavy atom. The molecule has 9 heteroatoms. The third-order valence-electron chi connectivity index (χ3n) is 4.31. The highest BCUT2D eigenvalue weighted by Crippen LogP contribution is 2.25. The van der Waals surface area contributed by atoms with Crippen LogP contribution in [0.2, 0.25) is 0 Å². The zero-order chi connectivity index (χ0) is 17.8. The van der Waals surface area contributed by atoms with Crippen molar-refractivity contribution in [2.75, 3.05) is 26.4 Å². The molecule has 2 heterocycles. The van der Waals surface area contributed by atoms with Gasteiger partial charge in [-0.1, -0.05) is 0 Å². The SMILES string of the molecule is O=C(COc1ccc([N+](=O)[O-])c(F)c1)N1CCCCC1C1OCCO1. The highest BCUT2D eigenvalue weighted by atomic mass is 19.1. The summed E-state index contributed by atoms with van der Waals surface area (Å²) < 4.78 is 29.9. The molecule has 2 aliphatic heterocycles. The second-order valence-electron chi connectivity index (χ2n) is 5.92. The number of likely N-dealkylation sites (tertiary alicyclic amines) is 1. The summed E-state index contributed by atoms with van der Waals surface area (Å²) in [6.45, 7) is 1.34. The molecule has 1 atom stereocenters. The number of benzene rings is 1. The van der Waals surface area contributed by atoms with Crippen LogP contribution in [0.4, 0.5) is 10.1 Å². The number of piperidine rings is 1. The van der Waals surface area contributed by atoms with Crippen molar-refractivity contribution in [2.45, 2.75) is 31.6 Å². The Morgan fingerprint density at radius 2 is 2.12 bits per heavy atom. The van der Waals surface area contributed by atoms with E-state index < -0.39 is 22.7 Å². The van der Waals surface area contributed by atoms with E-state index in [1.165, 1.54) is 6.07 Å². The average Bonchev–Trinajstić information content (AvgIpc) is 3.14. The number of nitrogens with zero attached hydrogens (tertiary/aromatic N) is 2. The van der Waals surface area contributed by atoms with Crippen LogP contribution >= 0.6 is 0 Å². The summed E-state index contributed by atoms with van der Waals surface area (Å²) in [4.78, 5) is 24.0. The predicted octanol–water partition coefficient (Wildman–Crippen LogP) is 1.87. The number of nitro benzene ring substituents is 1. The first-order valence-corrected chi connectivity index (χ1v) is 8.15. The van der Waals surface area contributed by atoms with Gasteiger partial charge in [0.2, 0.25) is 5.82 Å². The normalized spacial score (nSPS) is 21.3. The van der Waals surface area contributed by atoms with E-state index in [4.69, 9.17) is 14.2 Å². The Kier molecular flexibility index (Phi) is 5.44. The first-order valence-electron chi connectivity index (χ1n) is 8.15. The molecule has 1 amide bonds. The summed E-state index contributed by atoms with van der Waals surface area (Å²) in [7, 11) is 0. The van der Waals surface area contributed by atoms with Crippen LogP contribution in [0.3, 0.4) is 0 Å². The lowest BCUT2D eigenvalue weighted by atomic mass is 10.0. The van der Waals surface area contributed by atoms with Crippen LogP contribution in [-0.2, 0) is 14.3 Å². The summed E-state index contributed by atoms with van der Waals surface area (Å²) in [5, 5.41) is 10.6. The Balaban J connectivity index is 1.61. The standard InChI is InChI=1S/C16H19FN2O6/c17-12-9-11(4-5-13(12)19(21)22)25-10-15(20)18-6-2-1-3-14(18)16-23-7-8-24-16/h4-5,9,14,16H,1-3,6-8,10H2. The van der Waals surface area contributed by atoms with Gasteiger partial charge in [-0.25, -0.2) is 0 Å². The molecule has 0 aliphatic carbocycles. The van der Waals surface area contributed by atoms with Crippen molar-refractivity contribution >= 4 is 11.6 Å². The summed E-state index contributed by atoms with van der Waals surface area (Å²) in [5.74, 6) is -1.18. The second kappa shape index (κ2) is 7.75. The summed E-state index contributed by atoms with van der Waals surface area (Å²) >= 11 is 0.